The van der Waals surface area contributed by atoms with E-state index in [1.54, 1.807) is 7.11 Å². The Morgan fingerprint density at radius 2 is 1.84 bits per heavy atom. The molecule has 0 aliphatic carbocycles. The number of aryl methyl sites for hydroxylation is 3. The van der Waals surface area contributed by atoms with Gasteiger partial charge in [0.1, 0.15) is 11.5 Å². The van der Waals surface area contributed by atoms with Crippen molar-refractivity contribution in [1.29, 1.82) is 0 Å². The van der Waals surface area contributed by atoms with Gasteiger partial charge in [-0.2, -0.15) is 0 Å². The number of nitrogens with one attached hydrogen (secondary N) is 1. The van der Waals surface area contributed by atoms with Crippen molar-refractivity contribution in [3.05, 3.63) is 58.7 Å². The molecule has 0 spiro atoms. The Hall–Kier alpha value is -2.49. The van der Waals surface area contributed by atoms with Crippen molar-refractivity contribution in [3.8, 4) is 11.5 Å². The van der Waals surface area contributed by atoms with Crippen LogP contribution in [0.25, 0.3) is 0 Å². The van der Waals surface area contributed by atoms with E-state index in [0.717, 1.165) is 41.0 Å². The van der Waals surface area contributed by atoms with Crippen LogP contribution in [0.1, 0.15) is 28.7 Å². The van der Waals surface area contributed by atoms with E-state index in [-0.39, 0.29) is 12.5 Å². The van der Waals surface area contributed by atoms with Gasteiger partial charge in [-0.25, -0.2) is 0 Å². The van der Waals surface area contributed by atoms with Crippen LogP contribution in [0.15, 0.2) is 36.4 Å². The van der Waals surface area contributed by atoms with Crippen LogP contribution in [0.2, 0.25) is 0 Å². The van der Waals surface area contributed by atoms with Gasteiger partial charge in [0.15, 0.2) is 6.61 Å². The lowest BCUT2D eigenvalue weighted by atomic mass is 10.1. The van der Waals surface area contributed by atoms with Crippen molar-refractivity contribution >= 4 is 5.91 Å². The van der Waals surface area contributed by atoms with Gasteiger partial charge in [0.05, 0.1) is 7.11 Å². The van der Waals surface area contributed by atoms with Gasteiger partial charge in [-0.05, 0) is 68.0 Å². The molecule has 0 radical (unpaired) electrons. The zero-order valence-corrected chi connectivity index (χ0v) is 15.5. The highest BCUT2D eigenvalue weighted by atomic mass is 16.5. The summed E-state index contributed by atoms with van der Waals surface area (Å²) in [7, 11) is 1.67. The molecule has 0 aliphatic heterocycles. The highest BCUT2D eigenvalue weighted by Crippen LogP contribution is 2.23. The maximum atomic E-state index is 12.0. The zero-order valence-electron chi connectivity index (χ0n) is 15.5. The number of methoxy groups -OCH3 is 1. The fourth-order valence-corrected chi connectivity index (χ4v) is 2.76. The first kappa shape index (κ1) is 18.8. The summed E-state index contributed by atoms with van der Waals surface area (Å²) in [5.41, 5.74) is 4.54. The first-order valence-corrected chi connectivity index (χ1v) is 8.60. The molecule has 2 aromatic rings. The topological polar surface area (TPSA) is 47.6 Å². The summed E-state index contributed by atoms with van der Waals surface area (Å²) in [5, 5.41) is 2.90. The number of ether oxygens (including phenoxy) is 2. The smallest absolute Gasteiger partial charge is 0.257 e. The Balaban J connectivity index is 1.74. The lowest BCUT2D eigenvalue weighted by Gasteiger charge is -2.12. The van der Waals surface area contributed by atoms with E-state index in [9.17, 15) is 4.79 Å². The molecule has 0 aromatic heterocycles. The van der Waals surface area contributed by atoms with E-state index in [1.807, 2.05) is 51.1 Å². The molecule has 1 amide bonds. The Morgan fingerprint density at radius 3 is 2.60 bits per heavy atom. The lowest BCUT2D eigenvalue weighted by molar-refractivity contribution is -0.123. The summed E-state index contributed by atoms with van der Waals surface area (Å²) >= 11 is 0. The lowest BCUT2D eigenvalue weighted by Crippen LogP contribution is -2.30. The van der Waals surface area contributed by atoms with Gasteiger partial charge >= 0.3 is 0 Å². The number of hydrogen-bond donors (Lipinski definition) is 1. The van der Waals surface area contributed by atoms with Crippen LogP contribution in [0, 0.1) is 20.8 Å². The monoisotopic (exact) mass is 341 g/mol. The van der Waals surface area contributed by atoms with Crippen LogP contribution in [0.4, 0.5) is 0 Å². The van der Waals surface area contributed by atoms with Gasteiger partial charge in [0, 0.05) is 6.54 Å². The third-order valence-electron chi connectivity index (χ3n) is 4.26. The molecule has 0 bridgehead atoms. The maximum absolute atomic E-state index is 12.0. The predicted octanol–water partition coefficient (Wildman–Crippen LogP) is 3.75. The minimum atomic E-state index is -0.0985. The normalized spacial score (nSPS) is 10.4. The van der Waals surface area contributed by atoms with Crippen LogP contribution >= 0.6 is 0 Å². The van der Waals surface area contributed by atoms with Gasteiger partial charge in [-0.1, -0.05) is 24.3 Å². The molecule has 0 saturated heterocycles. The number of carbonyl (C=O) groups is 1. The van der Waals surface area contributed by atoms with Crippen molar-refractivity contribution in [2.24, 2.45) is 0 Å². The molecule has 0 saturated carbocycles. The second kappa shape index (κ2) is 9.11. The number of benzene rings is 2. The van der Waals surface area contributed by atoms with Gasteiger partial charge in [0.25, 0.3) is 5.91 Å². The van der Waals surface area contributed by atoms with Crippen molar-refractivity contribution in [2.45, 2.75) is 33.6 Å². The second-order valence-electron chi connectivity index (χ2n) is 6.26. The van der Waals surface area contributed by atoms with Crippen LogP contribution in [0.3, 0.4) is 0 Å². The first-order chi connectivity index (χ1) is 12.0. The molecule has 4 nitrogen and oxygen atoms in total. The molecule has 0 atom stereocenters. The van der Waals surface area contributed by atoms with Gasteiger partial charge < -0.3 is 14.8 Å². The fourth-order valence-electron chi connectivity index (χ4n) is 2.76. The first-order valence-electron chi connectivity index (χ1n) is 8.60. The molecule has 0 aliphatic rings. The minimum Gasteiger partial charge on any atom is -0.496 e. The molecule has 25 heavy (non-hydrogen) atoms. The third-order valence-corrected chi connectivity index (χ3v) is 4.26. The largest absolute Gasteiger partial charge is 0.496 e. The fraction of sp³-hybridized carbons (Fsp3) is 0.381. The molecular weight excluding hydrogens is 314 g/mol. The van der Waals surface area contributed by atoms with Crippen LogP contribution in [0.5, 0.6) is 11.5 Å². The van der Waals surface area contributed by atoms with E-state index in [2.05, 4.69) is 11.4 Å². The highest BCUT2D eigenvalue weighted by Gasteiger charge is 2.07. The molecule has 0 unspecified atom stereocenters. The molecule has 134 valence electrons. The Morgan fingerprint density at radius 1 is 1.08 bits per heavy atom. The van der Waals surface area contributed by atoms with E-state index in [1.165, 1.54) is 5.56 Å². The molecule has 0 heterocycles. The highest BCUT2D eigenvalue weighted by molar-refractivity contribution is 5.77. The number of rotatable bonds is 8. The average Bonchev–Trinajstić information content (AvgIpc) is 2.60. The van der Waals surface area contributed by atoms with Gasteiger partial charge in [0.2, 0.25) is 0 Å². The molecule has 4 heteroatoms. The summed E-state index contributed by atoms with van der Waals surface area (Å²) in [5.74, 6) is 1.57. The molecule has 0 fully saturated rings. The quantitative estimate of drug-likeness (QED) is 0.744. The summed E-state index contributed by atoms with van der Waals surface area (Å²) in [4.78, 5) is 12.0. The molecule has 2 aromatic carbocycles. The number of amides is 1. The van der Waals surface area contributed by atoms with Crippen LogP contribution < -0.4 is 14.8 Å². The molecule has 2 rings (SSSR count). The summed E-state index contributed by atoms with van der Waals surface area (Å²) in [6, 6.07) is 12.0. The van der Waals surface area contributed by atoms with E-state index in [0.29, 0.717) is 6.54 Å². The minimum absolute atomic E-state index is 0.0401. The summed E-state index contributed by atoms with van der Waals surface area (Å²) in [6.45, 7) is 6.74. The number of carbonyl (C=O) groups excluding carboxylic acids is 1. The Labute approximate surface area is 150 Å². The van der Waals surface area contributed by atoms with E-state index in [4.69, 9.17) is 9.47 Å². The van der Waals surface area contributed by atoms with Crippen molar-refractivity contribution in [3.63, 3.8) is 0 Å². The predicted molar refractivity (Wildman–Crippen MR) is 100 cm³/mol. The number of para-hydroxylation sites is 1. The van der Waals surface area contributed by atoms with Crippen LogP contribution in [-0.2, 0) is 11.2 Å². The van der Waals surface area contributed by atoms with Gasteiger partial charge in [-0.3, -0.25) is 4.79 Å². The standard InChI is InChI=1S/C21H27NO3/c1-15-12-16(2)17(3)20(13-15)25-14-21(23)22-11-7-9-18-8-5-6-10-19(18)24-4/h5-6,8,10,12-13H,7,9,11,14H2,1-4H3,(H,22,23). The molecular formula is C21H27NO3. The SMILES string of the molecule is COc1ccccc1CCCNC(=O)COc1cc(C)cc(C)c1C. The molecule has 1 N–H and O–H groups in total. The zero-order chi connectivity index (χ0) is 18.2. The van der Waals surface area contributed by atoms with Gasteiger partial charge in [-0.15, -0.1) is 0 Å². The Kier molecular flexibility index (Phi) is 6.87. The van der Waals surface area contributed by atoms with Crippen molar-refractivity contribution < 1.29 is 14.3 Å². The maximum Gasteiger partial charge on any atom is 0.257 e. The third kappa shape index (κ3) is 5.52. The van der Waals surface area contributed by atoms with E-state index < -0.39 is 0 Å². The summed E-state index contributed by atoms with van der Waals surface area (Å²) < 4.78 is 11.0. The van der Waals surface area contributed by atoms with Crippen LogP contribution in [-0.4, -0.2) is 26.2 Å². The van der Waals surface area contributed by atoms with E-state index >= 15 is 0 Å². The van der Waals surface area contributed by atoms with Crippen molar-refractivity contribution in [1.82, 2.24) is 5.32 Å². The second-order valence-corrected chi connectivity index (χ2v) is 6.26. The number of hydrogen-bond acceptors (Lipinski definition) is 3. The summed E-state index contributed by atoms with van der Waals surface area (Å²) in [6.07, 6.45) is 1.72. The Bertz CT molecular complexity index is 725. The average molecular weight is 341 g/mol. The van der Waals surface area contributed by atoms with Crippen molar-refractivity contribution in [2.75, 3.05) is 20.3 Å².